The number of para-hydroxylation sites is 1. The van der Waals surface area contributed by atoms with Crippen molar-refractivity contribution in [2.75, 3.05) is 4.90 Å². The van der Waals surface area contributed by atoms with Crippen LogP contribution in [0.1, 0.15) is 11.3 Å². The van der Waals surface area contributed by atoms with Gasteiger partial charge in [0.1, 0.15) is 17.5 Å². The smallest absolute Gasteiger partial charge is 0.147 e. The fraction of sp³-hybridized carbons (Fsp3) is 0.0455. The van der Waals surface area contributed by atoms with Crippen molar-refractivity contribution in [1.29, 1.82) is 0 Å². The number of aldehydes is 1. The van der Waals surface area contributed by atoms with Crippen molar-refractivity contribution in [2.45, 2.75) is 6.04 Å². The molecule has 1 unspecified atom stereocenters. The molecule has 0 saturated heterocycles. The Labute approximate surface area is 162 Å². The zero-order chi connectivity index (χ0) is 18.6. The topological polar surface area (TPSA) is 46.1 Å². The molecular formula is C22H16ClN3O. The molecule has 0 aliphatic carbocycles. The molecule has 2 aromatic heterocycles. The van der Waals surface area contributed by atoms with E-state index < -0.39 is 6.04 Å². The molecule has 27 heavy (non-hydrogen) atoms. The molecule has 0 amide bonds. The van der Waals surface area contributed by atoms with Crippen LogP contribution in [-0.2, 0) is 4.79 Å². The first-order valence-corrected chi connectivity index (χ1v) is 8.90. The molecule has 0 radical (unpaired) electrons. The predicted molar refractivity (Wildman–Crippen MR) is 108 cm³/mol. The lowest BCUT2D eigenvalue weighted by molar-refractivity contribution is -0.107. The molecule has 0 N–H and O–H groups in total. The van der Waals surface area contributed by atoms with Gasteiger partial charge in [0.25, 0.3) is 0 Å². The minimum Gasteiger partial charge on any atom is -0.333 e. The maximum absolute atomic E-state index is 12.1. The molecule has 0 fully saturated rings. The third-order valence-electron chi connectivity index (χ3n) is 4.42. The van der Waals surface area contributed by atoms with Crippen LogP contribution < -0.4 is 4.90 Å². The fourth-order valence-electron chi connectivity index (χ4n) is 3.16. The van der Waals surface area contributed by atoms with E-state index in [0.717, 1.165) is 34.4 Å². The number of halogens is 1. The second kappa shape index (κ2) is 7.56. The van der Waals surface area contributed by atoms with Crippen LogP contribution in [-0.4, -0.2) is 22.3 Å². The lowest BCUT2D eigenvalue weighted by Gasteiger charge is -2.33. The van der Waals surface area contributed by atoms with E-state index >= 15 is 0 Å². The van der Waals surface area contributed by atoms with Crippen LogP contribution in [0.25, 0.3) is 11.1 Å². The minimum atomic E-state index is -0.512. The number of nitrogens with zero attached hydrogens (tertiary/aromatic N) is 3. The minimum absolute atomic E-state index is 0.367. The van der Waals surface area contributed by atoms with Gasteiger partial charge in [-0.3, -0.25) is 4.98 Å². The Bertz CT molecular complexity index is 1020. The van der Waals surface area contributed by atoms with Gasteiger partial charge in [-0.2, -0.15) is 0 Å². The summed E-state index contributed by atoms with van der Waals surface area (Å²) in [5.41, 5.74) is 4.15. The lowest BCUT2D eigenvalue weighted by atomic mass is 9.92. The summed E-state index contributed by atoms with van der Waals surface area (Å²) < 4.78 is 0. The van der Waals surface area contributed by atoms with Gasteiger partial charge in [-0.25, -0.2) is 4.98 Å². The van der Waals surface area contributed by atoms with Gasteiger partial charge in [0.05, 0.1) is 5.69 Å². The highest BCUT2D eigenvalue weighted by Crippen LogP contribution is 2.36. The fourth-order valence-corrected chi connectivity index (χ4v) is 3.38. The molecule has 4 nitrogen and oxygen atoms in total. The van der Waals surface area contributed by atoms with Crippen molar-refractivity contribution in [2.24, 2.45) is 0 Å². The van der Waals surface area contributed by atoms with E-state index in [1.54, 1.807) is 12.4 Å². The molecular weight excluding hydrogens is 358 g/mol. The van der Waals surface area contributed by atoms with Crippen LogP contribution in [0.15, 0.2) is 85.3 Å². The highest BCUT2D eigenvalue weighted by Gasteiger charge is 2.28. The monoisotopic (exact) mass is 373 g/mol. The van der Waals surface area contributed by atoms with Crippen molar-refractivity contribution in [3.05, 3.63) is 102 Å². The standard InChI is InChI=1S/C22H16ClN3O/c23-22-18(9-6-12-25-22)19-13-16(20-10-4-5-11-24-20)14-26(21(19)15-27)17-7-2-1-3-8-17/h1-15,21H. The first kappa shape index (κ1) is 17.2. The average Bonchev–Trinajstić information content (AvgIpc) is 2.74. The zero-order valence-electron chi connectivity index (χ0n) is 14.4. The molecule has 1 atom stereocenters. The maximum Gasteiger partial charge on any atom is 0.147 e. The highest BCUT2D eigenvalue weighted by molar-refractivity contribution is 6.31. The Morgan fingerprint density at radius 1 is 0.926 bits per heavy atom. The first-order chi connectivity index (χ1) is 13.3. The molecule has 5 heteroatoms. The second-order valence-corrected chi connectivity index (χ2v) is 6.42. The average molecular weight is 374 g/mol. The van der Waals surface area contributed by atoms with Crippen LogP contribution in [0.2, 0.25) is 5.15 Å². The van der Waals surface area contributed by atoms with Crippen LogP contribution in [0.5, 0.6) is 0 Å². The number of rotatable bonds is 4. The SMILES string of the molecule is O=CC1C(c2cccnc2Cl)=CC(c2ccccn2)=CN1c1ccccc1. The van der Waals surface area contributed by atoms with Crippen LogP contribution in [0.4, 0.5) is 5.69 Å². The third-order valence-corrected chi connectivity index (χ3v) is 4.72. The molecule has 1 aliphatic heterocycles. The summed E-state index contributed by atoms with van der Waals surface area (Å²) in [6.07, 6.45) is 8.22. The van der Waals surface area contributed by atoms with E-state index in [-0.39, 0.29) is 0 Å². The molecule has 0 spiro atoms. The Morgan fingerprint density at radius 3 is 2.41 bits per heavy atom. The molecule has 4 rings (SSSR count). The Balaban J connectivity index is 1.91. The predicted octanol–water partition coefficient (Wildman–Crippen LogP) is 4.64. The summed E-state index contributed by atoms with van der Waals surface area (Å²) in [5, 5.41) is 0.367. The summed E-state index contributed by atoms with van der Waals surface area (Å²) >= 11 is 6.35. The number of pyridine rings is 2. The van der Waals surface area contributed by atoms with E-state index in [4.69, 9.17) is 11.6 Å². The van der Waals surface area contributed by atoms with Gasteiger partial charge >= 0.3 is 0 Å². The zero-order valence-corrected chi connectivity index (χ0v) is 15.1. The summed E-state index contributed by atoms with van der Waals surface area (Å²) in [5.74, 6) is 0. The van der Waals surface area contributed by atoms with Gasteiger partial charge in [0.15, 0.2) is 0 Å². The van der Waals surface area contributed by atoms with Crippen molar-refractivity contribution in [3.63, 3.8) is 0 Å². The normalized spacial score (nSPS) is 16.5. The molecule has 132 valence electrons. The van der Waals surface area contributed by atoms with Gasteiger partial charge in [-0.1, -0.05) is 35.9 Å². The Morgan fingerprint density at radius 2 is 1.70 bits per heavy atom. The maximum atomic E-state index is 12.1. The van der Waals surface area contributed by atoms with E-state index in [2.05, 4.69) is 9.97 Å². The Hall–Kier alpha value is -3.24. The van der Waals surface area contributed by atoms with Crippen LogP contribution >= 0.6 is 11.6 Å². The summed E-state index contributed by atoms with van der Waals surface area (Å²) in [6, 6.07) is 18.7. The molecule has 3 heterocycles. The largest absolute Gasteiger partial charge is 0.333 e. The number of carbonyl (C=O) groups is 1. The van der Waals surface area contributed by atoms with Crippen molar-refractivity contribution >= 4 is 34.7 Å². The Kier molecular flexibility index (Phi) is 4.81. The van der Waals surface area contributed by atoms with E-state index in [0.29, 0.717) is 5.15 Å². The number of anilines is 1. The quantitative estimate of drug-likeness (QED) is 0.493. The lowest BCUT2D eigenvalue weighted by Crippen LogP contribution is -2.35. The molecule has 1 aromatic carbocycles. The van der Waals surface area contributed by atoms with Crippen LogP contribution in [0, 0.1) is 0 Å². The van der Waals surface area contributed by atoms with Crippen LogP contribution in [0.3, 0.4) is 0 Å². The van der Waals surface area contributed by atoms with Crippen molar-refractivity contribution in [1.82, 2.24) is 9.97 Å². The summed E-state index contributed by atoms with van der Waals surface area (Å²) in [4.78, 5) is 22.7. The highest BCUT2D eigenvalue weighted by atomic mass is 35.5. The summed E-state index contributed by atoms with van der Waals surface area (Å²) in [7, 11) is 0. The molecule has 0 bridgehead atoms. The number of allylic oxidation sites excluding steroid dienone is 2. The number of carbonyl (C=O) groups excluding carboxylic acids is 1. The first-order valence-electron chi connectivity index (χ1n) is 8.52. The number of hydrogen-bond donors (Lipinski definition) is 0. The number of hydrogen-bond acceptors (Lipinski definition) is 4. The van der Waals surface area contributed by atoms with Gasteiger partial charge in [-0.15, -0.1) is 0 Å². The molecule has 3 aromatic rings. The van der Waals surface area contributed by atoms with Gasteiger partial charge < -0.3 is 9.69 Å². The van der Waals surface area contributed by atoms with Gasteiger partial charge in [0, 0.05) is 35.4 Å². The van der Waals surface area contributed by atoms with Gasteiger partial charge in [-0.05, 0) is 48.0 Å². The van der Waals surface area contributed by atoms with E-state index in [1.165, 1.54) is 0 Å². The van der Waals surface area contributed by atoms with Gasteiger partial charge in [0.2, 0.25) is 0 Å². The number of benzene rings is 1. The number of aromatic nitrogens is 2. The van der Waals surface area contributed by atoms with E-state index in [1.807, 2.05) is 77.8 Å². The van der Waals surface area contributed by atoms with Crippen molar-refractivity contribution in [3.8, 4) is 0 Å². The molecule has 0 saturated carbocycles. The molecule has 1 aliphatic rings. The van der Waals surface area contributed by atoms with E-state index in [9.17, 15) is 4.79 Å². The third kappa shape index (κ3) is 3.39. The summed E-state index contributed by atoms with van der Waals surface area (Å²) in [6.45, 7) is 0. The van der Waals surface area contributed by atoms with Crippen molar-refractivity contribution < 1.29 is 4.79 Å². The second-order valence-electron chi connectivity index (χ2n) is 6.06.